The van der Waals surface area contributed by atoms with Crippen LogP contribution >= 0.6 is 0 Å². The van der Waals surface area contributed by atoms with Gasteiger partial charge in [-0.3, -0.25) is 4.79 Å². The molecule has 0 spiro atoms. The third kappa shape index (κ3) is 5.73. The number of H-pyrrole nitrogens is 2. The van der Waals surface area contributed by atoms with Gasteiger partial charge in [0.15, 0.2) is 0 Å². The Morgan fingerprint density at radius 1 is 0.927 bits per heavy atom. The van der Waals surface area contributed by atoms with Gasteiger partial charge < -0.3 is 35.0 Å². The molecule has 4 N–H and O–H groups in total. The monoisotopic (exact) mass is 747 g/mol. The van der Waals surface area contributed by atoms with Gasteiger partial charge in [-0.15, -0.1) is 0 Å². The largest absolute Gasteiger partial charge is 0.453 e. The van der Waals surface area contributed by atoms with Gasteiger partial charge >= 0.3 is 6.09 Å². The molecule has 3 aliphatic heterocycles. The van der Waals surface area contributed by atoms with Gasteiger partial charge in [-0.05, 0) is 110 Å². The second kappa shape index (κ2) is 13.3. The number of nitrogens with one attached hydrogen (secondary N) is 4. The van der Waals surface area contributed by atoms with E-state index in [2.05, 4.69) is 25.6 Å². The van der Waals surface area contributed by atoms with Gasteiger partial charge in [0.25, 0.3) is 5.92 Å². The smallest absolute Gasteiger partial charge is 0.407 e. The van der Waals surface area contributed by atoms with Crippen molar-refractivity contribution in [3.05, 3.63) is 83.6 Å². The third-order valence-electron chi connectivity index (χ3n) is 12.7. The van der Waals surface area contributed by atoms with Gasteiger partial charge in [0.1, 0.15) is 17.7 Å². The number of hydrogen-bond donors (Lipinski definition) is 4. The van der Waals surface area contributed by atoms with Crippen LogP contribution in [0, 0.1) is 11.8 Å². The third-order valence-corrected chi connectivity index (χ3v) is 12.7. The van der Waals surface area contributed by atoms with Crippen molar-refractivity contribution < 1.29 is 27.8 Å². The average molecular weight is 748 g/mol. The molecule has 55 heavy (non-hydrogen) atoms. The lowest BCUT2D eigenvalue weighted by molar-refractivity contribution is -0.140. The van der Waals surface area contributed by atoms with Gasteiger partial charge in [-0.1, -0.05) is 30.3 Å². The highest BCUT2D eigenvalue weighted by atomic mass is 19.3. The second-order valence-corrected chi connectivity index (χ2v) is 15.8. The zero-order valence-electron chi connectivity index (χ0n) is 30.5. The molecule has 10 rings (SSSR count). The molecule has 5 heterocycles. The molecule has 5 aliphatic rings. The Balaban J connectivity index is 0.930. The van der Waals surface area contributed by atoms with Crippen LogP contribution in [-0.4, -0.2) is 75.8 Å². The first kappa shape index (κ1) is 34.4. The summed E-state index contributed by atoms with van der Waals surface area (Å²) in [5.41, 5.74) is 5.41. The Morgan fingerprint density at radius 2 is 1.67 bits per heavy atom. The maximum Gasteiger partial charge on any atom is 0.407 e. The predicted octanol–water partition coefficient (Wildman–Crippen LogP) is 7.37. The number of aromatic amines is 2. The fourth-order valence-electron chi connectivity index (χ4n) is 9.93. The molecule has 4 fully saturated rings. The van der Waals surface area contributed by atoms with E-state index in [-0.39, 0.29) is 47.0 Å². The van der Waals surface area contributed by atoms with Crippen molar-refractivity contribution in [2.24, 2.45) is 11.8 Å². The van der Waals surface area contributed by atoms with Crippen molar-refractivity contribution in [2.75, 3.05) is 26.9 Å². The predicted molar refractivity (Wildman–Crippen MR) is 201 cm³/mol. The summed E-state index contributed by atoms with van der Waals surface area (Å²) in [6.45, 7) is 2.03. The molecule has 3 aromatic carbocycles. The molecule has 2 amide bonds. The number of carbonyl (C=O) groups excluding carboxylic acids is 2. The number of alkyl halides is 2. The number of carbonyl (C=O) groups is 2. The minimum absolute atomic E-state index is 0.00763. The minimum atomic E-state index is -3.18. The standard InChI is InChI=1S/C42H43F2N7O4/c1-54-41(53)50-36(22-12-15-55-16-13-22)40(52)51-27-8-4-26(17-27)37(51)39-47-32-11-7-24(20-34(32)48-39)23-5-9-28-29-10-6-25(19-31(29)42(43,44)30(28)18-23)35-21-46-38(49-35)33-3-2-14-45-33/h5-7,9-11,18-22,26-27,33,36-37,45H,2-4,8,12-17H2,1H3,(H,46,49)(H,47,48)(H,50,53)/t26-,27+,33+,36-,37-/m0/s1. The first-order valence-corrected chi connectivity index (χ1v) is 19.5. The number of piperidine rings is 1. The van der Waals surface area contributed by atoms with E-state index in [9.17, 15) is 9.59 Å². The molecule has 13 heteroatoms. The van der Waals surface area contributed by atoms with Gasteiger partial charge in [-0.25, -0.2) is 14.8 Å². The number of methoxy groups -OCH3 is 1. The van der Waals surface area contributed by atoms with Gasteiger partial charge in [0.2, 0.25) is 5.91 Å². The van der Waals surface area contributed by atoms with E-state index in [0.29, 0.717) is 54.1 Å². The summed E-state index contributed by atoms with van der Waals surface area (Å²) < 4.78 is 43.1. The summed E-state index contributed by atoms with van der Waals surface area (Å²) in [7, 11) is 1.30. The average Bonchev–Trinajstić information content (AvgIpc) is 4.08. The number of imidazole rings is 2. The second-order valence-electron chi connectivity index (χ2n) is 15.8. The Labute approximate surface area is 316 Å². The molecule has 2 bridgehead atoms. The quantitative estimate of drug-likeness (QED) is 0.137. The summed E-state index contributed by atoms with van der Waals surface area (Å²) >= 11 is 0. The van der Waals surface area contributed by atoms with Gasteiger partial charge in [0.05, 0.1) is 42.1 Å². The molecule has 3 saturated heterocycles. The molecule has 5 aromatic rings. The summed E-state index contributed by atoms with van der Waals surface area (Å²) in [6.07, 6.45) is 7.31. The SMILES string of the molecule is COC(=O)N[C@H](C(=O)N1[C@@H]2CC[C@@H](C2)[C@H]1c1nc2ccc(-c3ccc4c(c3)C(F)(F)c3cc(-c5cnc([C@H]6CCCN6)[nH]5)ccc3-4)cc2[nH]1)C1CCOCC1. The van der Waals surface area contributed by atoms with Crippen LogP contribution in [0.15, 0.2) is 60.8 Å². The van der Waals surface area contributed by atoms with Crippen LogP contribution in [0.25, 0.3) is 44.5 Å². The lowest BCUT2D eigenvalue weighted by atomic mass is 9.89. The highest BCUT2D eigenvalue weighted by Gasteiger charge is 2.52. The summed E-state index contributed by atoms with van der Waals surface area (Å²) in [5, 5.41) is 6.28. The molecular weight excluding hydrogens is 705 g/mol. The molecule has 2 aromatic heterocycles. The number of benzene rings is 3. The maximum atomic E-state index is 16.3. The Kier molecular flexibility index (Phi) is 8.29. The van der Waals surface area contributed by atoms with Crippen molar-refractivity contribution in [3.63, 3.8) is 0 Å². The van der Waals surface area contributed by atoms with E-state index in [0.717, 1.165) is 66.8 Å². The van der Waals surface area contributed by atoms with Crippen LogP contribution in [0.5, 0.6) is 0 Å². The zero-order valence-corrected chi connectivity index (χ0v) is 30.5. The minimum Gasteiger partial charge on any atom is -0.453 e. The summed E-state index contributed by atoms with van der Waals surface area (Å²) in [5.74, 6) is -1.58. The first-order valence-electron chi connectivity index (χ1n) is 19.5. The van der Waals surface area contributed by atoms with Crippen molar-refractivity contribution >= 4 is 23.0 Å². The molecule has 0 unspecified atom stereocenters. The molecule has 5 atom stereocenters. The highest BCUT2D eigenvalue weighted by molar-refractivity contribution is 5.88. The topological polar surface area (TPSA) is 137 Å². The van der Waals surface area contributed by atoms with E-state index in [1.807, 2.05) is 35.2 Å². The maximum absolute atomic E-state index is 16.3. The molecule has 284 valence electrons. The van der Waals surface area contributed by atoms with Crippen molar-refractivity contribution in [2.45, 2.75) is 75.0 Å². The van der Waals surface area contributed by atoms with Crippen LogP contribution in [-0.2, 0) is 20.2 Å². The van der Waals surface area contributed by atoms with Crippen LogP contribution in [0.1, 0.15) is 79.8 Å². The molecule has 0 radical (unpaired) electrons. The lowest BCUT2D eigenvalue weighted by Crippen LogP contribution is -2.55. The number of alkyl carbamates (subject to hydrolysis) is 1. The van der Waals surface area contributed by atoms with Crippen molar-refractivity contribution in [1.82, 2.24) is 35.5 Å². The number of halogens is 2. The fraction of sp³-hybridized carbons (Fsp3) is 0.429. The van der Waals surface area contributed by atoms with Crippen molar-refractivity contribution in [3.8, 4) is 33.5 Å². The highest BCUT2D eigenvalue weighted by Crippen LogP contribution is 2.53. The number of amides is 2. The lowest BCUT2D eigenvalue weighted by Gasteiger charge is -2.39. The van der Waals surface area contributed by atoms with E-state index in [4.69, 9.17) is 14.5 Å². The summed E-state index contributed by atoms with van der Waals surface area (Å²) in [4.78, 5) is 45.2. The molecular formula is C42H43F2N7O4. The number of aromatic nitrogens is 4. The molecule has 11 nitrogen and oxygen atoms in total. The Bertz CT molecular complexity index is 2310. The zero-order chi connectivity index (χ0) is 37.4. The Morgan fingerprint density at radius 3 is 2.44 bits per heavy atom. The van der Waals surface area contributed by atoms with Gasteiger partial charge in [-0.2, -0.15) is 8.78 Å². The number of rotatable bonds is 7. The van der Waals surface area contributed by atoms with E-state index < -0.39 is 18.1 Å². The van der Waals surface area contributed by atoms with Crippen LogP contribution in [0.4, 0.5) is 13.6 Å². The van der Waals surface area contributed by atoms with Gasteiger partial charge in [0, 0.05) is 35.9 Å². The number of fused-ring (bicyclic) bond motifs is 6. The van der Waals surface area contributed by atoms with E-state index in [1.165, 1.54) is 7.11 Å². The van der Waals surface area contributed by atoms with Crippen molar-refractivity contribution in [1.29, 1.82) is 0 Å². The van der Waals surface area contributed by atoms with Crippen LogP contribution in [0.3, 0.4) is 0 Å². The molecule has 1 saturated carbocycles. The van der Waals surface area contributed by atoms with Crippen LogP contribution < -0.4 is 10.6 Å². The fourth-order valence-corrected chi connectivity index (χ4v) is 9.93. The number of ether oxygens (including phenoxy) is 2. The van der Waals surface area contributed by atoms with E-state index in [1.54, 1.807) is 30.5 Å². The molecule has 2 aliphatic carbocycles. The number of nitrogens with zero attached hydrogens (tertiary/aromatic N) is 3. The number of hydrogen-bond acceptors (Lipinski definition) is 7. The van der Waals surface area contributed by atoms with E-state index >= 15 is 8.78 Å². The number of likely N-dealkylation sites (tertiary alicyclic amines) is 1. The van der Waals surface area contributed by atoms with Crippen LogP contribution in [0.2, 0.25) is 0 Å². The normalized spacial score (nSPS) is 24.6. The summed E-state index contributed by atoms with van der Waals surface area (Å²) in [6, 6.07) is 15.6. The Hall–Kier alpha value is -5.14. The first-order chi connectivity index (χ1) is 26.8.